The monoisotopic (exact) mass is 469 g/mol. The topological polar surface area (TPSA) is 71.4 Å². The molecule has 2 unspecified atom stereocenters. The van der Waals surface area contributed by atoms with Gasteiger partial charge in [-0.1, -0.05) is 18.2 Å². The Morgan fingerprint density at radius 3 is 2.29 bits per heavy atom. The van der Waals surface area contributed by atoms with E-state index in [0.717, 1.165) is 29.7 Å². The Hall–Kier alpha value is -3.84. The van der Waals surface area contributed by atoms with Crippen LogP contribution in [0.2, 0.25) is 0 Å². The van der Waals surface area contributed by atoms with Crippen LogP contribution >= 0.6 is 0 Å². The second-order valence-corrected chi connectivity index (χ2v) is 9.20. The summed E-state index contributed by atoms with van der Waals surface area (Å²) in [5.74, 6) is 1.47. The van der Waals surface area contributed by atoms with E-state index in [1.807, 2.05) is 77.5 Å². The van der Waals surface area contributed by atoms with E-state index >= 15 is 0 Å². The molecule has 0 saturated carbocycles. The summed E-state index contributed by atoms with van der Waals surface area (Å²) in [7, 11) is 0. The summed E-state index contributed by atoms with van der Waals surface area (Å²) in [5, 5.41) is 11.5. The van der Waals surface area contributed by atoms with E-state index in [9.17, 15) is 4.79 Å². The molecule has 35 heavy (non-hydrogen) atoms. The lowest BCUT2D eigenvalue weighted by atomic mass is 10.2. The van der Waals surface area contributed by atoms with Crippen LogP contribution in [0, 0.1) is 0 Å². The molecule has 4 aromatic rings. The fourth-order valence-electron chi connectivity index (χ4n) is 4.69. The number of amides is 2. The van der Waals surface area contributed by atoms with Crippen LogP contribution < -0.4 is 15.4 Å². The van der Waals surface area contributed by atoms with Gasteiger partial charge in [0.15, 0.2) is 0 Å². The number of aromatic nitrogens is 2. The minimum absolute atomic E-state index is 0.308. The highest BCUT2D eigenvalue weighted by atomic mass is 16.5. The van der Waals surface area contributed by atoms with Gasteiger partial charge in [-0.05, 0) is 81.3 Å². The van der Waals surface area contributed by atoms with Crippen molar-refractivity contribution in [1.82, 2.24) is 14.7 Å². The third kappa shape index (κ3) is 5.63. The molecule has 0 bridgehead atoms. The van der Waals surface area contributed by atoms with E-state index < -0.39 is 0 Å². The Balaban J connectivity index is 1.16. The van der Waals surface area contributed by atoms with Gasteiger partial charge in [-0.25, -0.2) is 4.79 Å². The minimum atomic E-state index is -0.308. The first-order valence-electron chi connectivity index (χ1n) is 12.2. The Morgan fingerprint density at radius 2 is 1.54 bits per heavy atom. The van der Waals surface area contributed by atoms with Gasteiger partial charge in [0.05, 0.1) is 12.1 Å². The van der Waals surface area contributed by atoms with E-state index in [1.165, 1.54) is 12.8 Å². The number of nitrogens with one attached hydrogen (secondary N) is 2. The first kappa shape index (κ1) is 22.9. The number of urea groups is 1. The molecule has 0 radical (unpaired) electrons. The molecule has 5 rings (SSSR count). The number of rotatable bonds is 7. The molecule has 2 atom stereocenters. The lowest BCUT2D eigenvalue weighted by Crippen LogP contribution is -2.35. The average molecular weight is 470 g/mol. The summed E-state index contributed by atoms with van der Waals surface area (Å²) in [6.07, 6.45) is 4.61. The van der Waals surface area contributed by atoms with Crippen LogP contribution in [0.3, 0.4) is 0 Å². The van der Waals surface area contributed by atoms with Gasteiger partial charge in [-0.2, -0.15) is 5.10 Å². The summed E-state index contributed by atoms with van der Waals surface area (Å²) in [6, 6.07) is 23.6. The number of nitrogens with zero attached hydrogens (tertiary/aromatic N) is 3. The zero-order chi connectivity index (χ0) is 24.2. The lowest BCUT2D eigenvalue weighted by Gasteiger charge is -2.25. The van der Waals surface area contributed by atoms with Crippen molar-refractivity contribution in [3.05, 3.63) is 79.0 Å². The highest BCUT2D eigenvalue weighted by molar-refractivity contribution is 6.00. The summed E-state index contributed by atoms with van der Waals surface area (Å²) in [6.45, 7) is 6.47. The Labute approximate surface area is 205 Å². The molecule has 0 spiro atoms. The molecule has 1 aromatic heterocycles. The van der Waals surface area contributed by atoms with Gasteiger partial charge in [0.2, 0.25) is 0 Å². The minimum Gasteiger partial charge on any atom is -0.457 e. The van der Waals surface area contributed by atoms with E-state index in [0.29, 0.717) is 29.2 Å². The van der Waals surface area contributed by atoms with Gasteiger partial charge >= 0.3 is 6.03 Å². The molecular formula is C28H31N5O2. The molecule has 2 amide bonds. The lowest BCUT2D eigenvalue weighted by molar-refractivity contribution is 0.203. The number of carbonyl (C=O) groups is 1. The van der Waals surface area contributed by atoms with Gasteiger partial charge in [-0.15, -0.1) is 0 Å². The van der Waals surface area contributed by atoms with Crippen LogP contribution in [-0.4, -0.2) is 39.3 Å². The Bertz CT molecular complexity index is 1280. The predicted molar refractivity (Wildman–Crippen MR) is 140 cm³/mol. The number of benzene rings is 3. The fourth-order valence-corrected chi connectivity index (χ4v) is 4.69. The fraction of sp³-hybridized carbons (Fsp3) is 0.286. The molecular weight excluding hydrogens is 438 g/mol. The number of fused-ring (bicyclic) bond motifs is 1. The smallest absolute Gasteiger partial charge is 0.323 e. The van der Waals surface area contributed by atoms with Crippen LogP contribution in [0.25, 0.3) is 10.9 Å². The maximum atomic E-state index is 12.5. The van der Waals surface area contributed by atoms with Crippen LogP contribution in [-0.2, 0) is 6.54 Å². The standard InChI is InChI=1S/C28H31N5O2/c1-20-8-9-21(2)33(20)17-16-32-19-22-10-11-24(18-27(22)31-32)30-28(34)29-23-12-14-26(15-13-23)35-25-6-4-3-5-7-25/h3-7,10-15,18-21H,8-9,16-17H2,1-2H3,(H2,29,30,34). The first-order chi connectivity index (χ1) is 17.0. The number of hydrogen-bond acceptors (Lipinski definition) is 4. The molecule has 2 N–H and O–H groups in total. The van der Waals surface area contributed by atoms with E-state index in [4.69, 9.17) is 9.84 Å². The zero-order valence-corrected chi connectivity index (χ0v) is 20.1. The second-order valence-electron chi connectivity index (χ2n) is 9.20. The normalized spacial score (nSPS) is 18.0. The largest absolute Gasteiger partial charge is 0.457 e. The highest BCUT2D eigenvalue weighted by Gasteiger charge is 2.26. The van der Waals surface area contributed by atoms with Crippen molar-refractivity contribution < 1.29 is 9.53 Å². The number of para-hydroxylation sites is 1. The summed E-state index contributed by atoms with van der Waals surface area (Å²) in [5.41, 5.74) is 2.25. The van der Waals surface area contributed by atoms with Crippen molar-refractivity contribution in [2.75, 3.05) is 17.2 Å². The molecule has 3 aromatic carbocycles. The molecule has 2 heterocycles. The average Bonchev–Trinajstić information content (AvgIpc) is 3.41. The van der Waals surface area contributed by atoms with Crippen molar-refractivity contribution in [1.29, 1.82) is 0 Å². The maximum absolute atomic E-state index is 12.5. The second kappa shape index (κ2) is 10.2. The molecule has 180 valence electrons. The van der Waals surface area contributed by atoms with Crippen molar-refractivity contribution in [2.24, 2.45) is 0 Å². The van der Waals surface area contributed by atoms with E-state index in [1.54, 1.807) is 0 Å². The Kier molecular flexibility index (Phi) is 6.68. The van der Waals surface area contributed by atoms with Crippen LogP contribution in [0.5, 0.6) is 11.5 Å². The third-order valence-electron chi connectivity index (χ3n) is 6.63. The van der Waals surface area contributed by atoms with Gasteiger partial charge in [0.25, 0.3) is 0 Å². The number of carbonyl (C=O) groups excluding carboxylic acids is 1. The van der Waals surface area contributed by atoms with Crippen LogP contribution in [0.15, 0.2) is 79.0 Å². The molecule has 7 nitrogen and oxygen atoms in total. The SMILES string of the molecule is CC1CCC(C)N1CCn1cc2ccc(NC(=O)Nc3ccc(Oc4ccccc4)cc3)cc2n1. The summed E-state index contributed by atoms with van der Waals surface area (Å²) < 4.78 is 7.80. The molecule has 1 saturated heterocycles. The highest BCUT2D eigenvalue weighted by Crippen LogP contribution is 2.24. The predicted octanol–water partition coefficient (Wildman–Crippen LogP) is 6.35. The van der Waals surface area contributed by atoms with Crippen molar-refractivity contribution >= 4 is 28.3 Å². The molecule has 1 fully saturated rings. The van der Waals surface area contributed by atoms with Gasteiger partial charge < -0.3 is 15.4 Å². The first-order valence-corrected chi connectivity index (χ1v) is 12.2. The van der Waals surface area contributed by atoms with Crippen molar-refractivity contribution in [3.63, 3.8) is 0 Å². The van der Waals surface area contributed by atoms with Gasteiger partial charge in [0, 0.05) is 41.6 Å². The number of anilines is 2. The third-order valence-corrected chi connectivity index (χ3v) is 6.63. The summed E-state index contributed by atoms with van der Waals surface area (Å²) in [4.78, 5) is 15.1. The zero-order valence-electron chi connectivity index (χ0n) is 20.1. The van der Waals surface area contributed by atoms with Crippen LogP contribution in [0.1, 0.15) is 26.7 Å². The van der Waals surface area contributed by atoms with Gasteiger partial charge in [0.1, 0.15) is 11.5 Å². The van der Waals surface area contributed by atoms with Crippen LogP contribution in [0.4, 0.5) is 16.2 Å². The van der Waals surface area contributed by atoms with Crippen molar-refractivity contribution in [2.45, 2.75) is 45.3 Å². The van der Waals surface area contributed by atoms with E-state index in [-0.39, 0.29) is 6.03 Å². The Morgan fingerprint density at radius 1 is 0.886 bits per heavy atom. The number of likely N-dealkylation sites (tertiary alicyclic amines) is 1. The quantitative estimate of drug-likeness (QED) is 0.331. The summed E-state index contributed by atoms with van der Waals surface area (Å²) >= 11 is 0. The maximum Gasteiger partial charge on any atom is 0.323 e. The van der Waals surface area contributed by atoms with Crippen molar-refractivity contribution in [3.8, 4) is 11.5 Å². The number of ether oxygens (including phenoxy) is 1. The number of hydrogen-bond donors (Lipinski definition) is 2. The molecule has 0 aliphatic carbocycles. The van der Waals surface area contributed by atoms with Gasteiger partial charge in [-0.3, -0.25) is 9.58 Å². The van der Waals surface area contributed by atoms with E-state index in [2.05, 4.69) is 35.6 Å². The molecule has 7 heteroatoms. The molecule has 1 aliphatic heterocycles. The molecule has 1 aliphatic rings.